The minimum atomic E-state index is -0.505. The lowest BCUT2D eigenvalue weighted by Gasteiger charge is -2.11. The second kappa shape index (κ2) is 6.86. The number of hydrogen-bond acceptors (Lipinski definition) is 4. The normalized spacial score (nSPS) is 10.9. The van der Waals surface area contributed by atoms with Crippen molar-refractivity contribution >= 4 is 39.9 Å². The molecule has 0 amide bonds. The first kappa shape index (κ1) is 17.5. The molecule has 5 nitrogen and oxygen atoms in total. The molecule has 0 unspecified atom stereocenters. The van der Waals surface area contributed by atoms with Crippen LogP contribution in [0.5, 0.6) is 5.88 Å². The Labute approximate surface area is 153 Å². The molecule has 2 aromatic carbocycles. The van der Waals surface area contributed by atoms with E-state index in [0.717, 1.165) is 11.1 Å². The van der Waals surface area contributed by atoms with E-state index in [0.29, 0.717) is 20.8 Å². The maximum absolute atomic E-state index is 12.8. The number of esters is 1. The Bertz CT molecular complexity index is 1040. The number of aromatic nitrogens is 2. The molecule has 1 heterocycles. The third kappa shape index (κ3) is 3.67. The Kier molecular flexibility index (Phi) is 4.79. The first-order valence-electron chi connectivity index (χ1n) is 7.49. The summed E-state index contributed by atoms with van der Waals surface area (Å²) < 4.78 is 6.44. The van der Waals surface area contributed by atoms with Crippen LogP contribution >= 0.6 is 23.2 Å². The van der Waals surface area contributed by atoms with Crippen LogP contribution in [0.2, 0.25) is 10.0 Å². The molecular weight excluding hydrogens is 363 g/mol. The summed E-state index contributed by atoms with van der Waals surface area (Å²) in [5, 5.41) is 5.96. The van der Waals surface area contributed by atoms with Gasteiger partial charge in [0.1, 0.15) is 0 Å². The lowest BCUT2D eigenvalue weighted by atomic mass is 10.1. The van der Waals surface area contributed by atoms with E-state index < -0.39 is 5.97 Å². The van der Waals surface area contributed by atoms with E-state index in [1.807, 2.05) is 13.0 Å². The van der Waals surface area contributed by atoms with Crippen LogP contribution in [-0.2, 0) is 11.3 Å². The summed E-state index contributed by atoms with van der Waals surface area (Å²) >= 11 is 11.9. The molecule has 3 aromatic rings. The van der Waals surface area contributed by atoms with Crippen LogP contribution in [0.25, 0.3) is 10.8 Å². The Morgan fingerprint density at radius 2 is 1.88 bits per heavy atom. The van der Waals surface area contributed by atoms with Crippen molar-refractivity contribution in [1.29, 1.82) is 0 Å². The van der Waals surface area contributed by atoms with Crippen LogP contribution in [-0.4, -0.2) is 15.7 Å². The van der Waals surface area contributed by atoms with Crippen molar-refractivity contribution in [3.05, 3.63) is 67.9 Å². The monoisotopic (exact) mass is 376 g/mol. The number of carbonyl (C=O) groups excluding carboxylic acids is 1. The molecular formula is C18H14Cl2N2O3. The number of ether oxygens (including phenoxy) is 1. The second-order valence-electron chi connectivity index (χ2n) is 5.66. The first-order chi connectivity index (χ1) is 11.8. The highest BCUT2D eigenvalue weighted by Gasteiger charge is 2.14. The number of rotatable bonds is 3. The zero-order valence-corrected chi connectivity index (χ0v) is 15.1. The average molecular weight is 377 g/mol. The number of nitrogens with zero attached hydrogens (tertiary/aromatic N) is 2. The Morgan fingerprint density at radius 1 is 1.12 bits per heavy atom. The molecule has 0 N–H and O–H groups in total. The number of halogens is 2. The fourth-order valence-electron chi connectivity index (χ4n) is 2.50. The van der Waals surface area contributed by atoms with E-state index in [4.69, 9.17) is 27.9 Å². The number of hydrogen-bond donors (Lipinski definition) is 0. The van der Waals surface area contributed by atoms with Crippen LogP contribution in [0.3, 0.4) is 0 Å². The van der Waals surface area contributed by atoms with E-state index >= 15 is 0 Å². The molecule has 0 bridgehead atoms. The summed E-state index contributed by atoms with van der Waals surface area (Å²) in [6.45, 7) is 3.35. The van der Waals surface area contributed by atoms with E-state index in [2.05, 4.69) is 5.10 Å². The van der Waals surface area contributed by atoms with Gasteiger partial charge in [0.15, 0.2) is 0 Å². The lowest BCUT2D eigenvalue weighted by molar-refractivity contribution is -0.132. The van der Waals surface area contributed by atoms with Crippen LogP contribution in [0.4, 0.5) is 0 Å². The number of benzene rings is 2. The first-order valence-corrected chi connectivity index (χ1v) is 8.24. The quantitative estimate of drug-likeness (QED) is 0.648. The Morgan fingerprint density at radius 3 is 2.56 bits per heavy atom. The van der Waals surface area contributed by atoms with E-state index in [9.17, 15) is 9.59 Å². The van der Waals surface area contributed by atoms with Crippen molar-refractivity contribution in [2.75, 3.05) is 0 Å². The van der Waals surface area contributed by atoms with E-state index in [-0.39, 0.29) is 18.0 Å². The third-order valence-electron chi connectivity index (χ3n) is 3.64. The Hall–Kier alpha value is -2.37. The van der Waals surface area contributed by atoms with Gasteiger partial charge in [-0.2, -0.15) is 0 Å². The Balaban J connectivity index is 2.16. The van der Waals surface area contributed by atoms with Crippen molar-refractivity contribution in [3.8, 4) is 5.88 Å². The standard InChI is InChI=1S/C18H14Cl2N2O3/c1-10-3-5-13-14(7-10)18(24)22(21-17(13)25-11(2)23)9-12-4-6-15(19)16(20)8-12/h3-8H,9H2,1-2H3. The molecule has 7 heteroatoms. The maximum atomic E-state index is 12.8. The van der Waals surface area contributed by atoms with Crippen molar-refractivity contribution in [2.45, 2.75) is 20.4 Å². The van der Waals surface area contributed by atoms with Gasteiger partial charge in [-0.1, -0.05) is 40.9 Å². The fourth-order valence-corrected chi connectivity index (χ4v) is 2.82. The molecule has 0 fully saturated rings. The van der Waals surface area contributed by atoms with E-state index in [1.165, 1.54) is 11.6 Å². The zero-order valence-electron chi connectivity index (χ0n) is 13.5. The molecule has 0 radical (unpaired) electrons. The highest BCUT2D eigenvalue weighted by atomic mass is 35.5. The van der Waals surface area contributed by atoms with Gasteiger partial charge in [0.25, 0.3) is 5.56 Å². The molecule has 0 aliphatic rings. The third-order valence-corrected chi connectivity index (χ3v) is 4.38. The SMILES string of the molecule is CC(=O)Oc1nn(Cc2ccc(Cl)c(Cl)c2)c(=O)c2cc(C)ccc12. The molecule has 128 valence electrons. The average Bonchev–Trinajstić information content (AvgIpc) is 2.55. The van der Waals surface area contributed by atoms with Gasteiger partial charge in [-0.05, 0) is 36.8 Å². The predicted molar refractivity (Wildman–Crippen MR) is 97.6 cm³/mol. The highest BCUT2D eigenvalue weighted by Crippen LogP contribution is 2.24. The summed E-state index contributed by atoms with van der Waals surface area (Å²) in [6, 6.07) is 10.4. The molecule has 0 aliphatic heterocycles. The number of aryl methyl sites for hydroxylation is 1. The summed E-state index contributed by atoms with van der Waals surface area (Å²) in [5.74, 6) is -0.406. The van der Waals surface area contributed by atoms with Crippen molar-refractivity contribution in [2.24, 2.45) is 0 Å². The zero-order chi connectivity index (χ0) is 18.1. The van der Waals surface area contributed by atoms with Crippen molar-refractivity contribution in [3.63, 3.8) is 0 Å². The van der Waals surface area contributed by atoms with Gasteiger partial charge in [0, 0.05) is 6.92 Å². The second-order valence-corrected chi connectivity index (χ2v) is 6.47. The van der Waals surface area contributed by atoms with Gasteiger partial charge in [-0.3, -0.25) is 9.59 Å². The van der Waals surface area contributed by atoms with Gasteiger partial charge in [-0.25, -0.2) is 4.68 Å². The lowest BCUT2D eigenvalue weighted by Crippen LogP contribution is -2.25. The summed E-state index contributed by atoms with van der Waals surface area (Å²) in [5.41, 5.74) is 1.40. The van der Waals surface area contributed by atoms with Gasteiger partial charge >= 0.3 is 5.97 Å². The molecule has 0 aliphatic carbocycles. The van der Waals surface area contributed by atoms with Crippen LogP contribution in [0.15, 0.2) is 41.2 Å². The minimum absolute atomic E-state index is 0.0992. The summed E-state index contributed by atoms with van der Waals surface area (Å²) in [6.07, 6.45) is 0. The largest absolute Gasteiger partial charge is 0.405 e. The molecule has 0 saturated carbocycles. The molecule has 0 saturated heterocycles. The van der Waals surface area contributed by atoms with Crippen LogP contribution in [0, 0.1) is 6.92 Å². The van der Waals surface area contributed by atoms with Gasteiger partial charge in [-0.15, -0.1) is 5.10 Å². The molecule has 0 atom stereocenters. The number of carbonyl (C=O) groups is 1. The van der Waals surface area contributed by atoms with Crippen LogP contribution in [0.1, 0.15) is 18.1 Å². The number of fused-ring (bicyclic) bond motifs is 1. The molecule has 1 aromatic heterocycles. The topological polar surface area (TPSA) is 61.2 Å². The van der Waals surface area contributed by atoms with E-state index in [1.54, 1.807) is 30.3 Å². The van der Waals surface area contributed by atoms with Gasteiger partial charge < -0.3 is 4.74 Å². The van der Waals surface area contributed by atoms with Crippen molar-refractivity contribution in [1.82, 2.24) is 9.78 Å². The summed E-state index contributed by atoms with van der Waals surface area (Å²) in [4.78, 5) is 24.2. The maximum Gasteiger partial charge on any atom is 0.309 e. The van der Waals surface area contributed by atoms with Gasteiger partial charge in [0.05, 0.1) is 27.4 Å². The van der Waals surface area contributed by atoms with Crippen LogP contribution < -0.4 is 10.3 Å². The summed E-state index contributed by atoms with van der Waals surface area (Å²) in [7, 11) is 0. The molecule has 0 spiro atoms. The predicted octanol–water partition coefficient (Wildman–Crippen LogP) is 3.99. The van der Waals surface area contributed by atoms with Gasteiger partial charge in [0.2, 0.25) is 5.88 Å². The smallest absolute Gasteiger partial charge is 0.309 e. The highest BCUT2D eigenvalue weighted by molar-refractivity contribution is 6.42. The minimum Gasteiger partial charge on any atom is -0.405 e. The van der Waals surface area contributed by atoms with Crippen molar-refractivity contribution < 1.29 is 9.53 Å². The molecule has 3 rings (SSSR count). The molecule has 25 heavy (non-hydrogen) atoms. The fraction of sp³-hybridized carbons (Fsp3) is 0.167.